The zero-order valence-corrected chi connectivity index (χ0v) is 8.01. The Balaban J connectivity index is 2.40. The van der Waals surface area contributed by atoms with Crippen molar-refractivity contribution in [1.82, 2.24) is 4.90 Å². The van der Waals surface area contributed by atoms with E-state index in [9.17, 15) is 9.59 Å². The first-order chi connectivity index (χ1) is 6.11. The van der Waals surface area contributed by atoms with Crippen molar-refractivity contribution >= 4 is 11.6 Å². The Hall–Kier alpha value is -0.960. The molecule has 0 spiro atoms. The summed E-state index contributed by atoms with van der Waals surface area (Å²) in [7, 11) is 0. The highest BCUT2D eigenvalue weighted by atomic mass is 16.2. The van der Waals surface area contributed by atoms with Crippen LogP contribution in [0.1, 0.15) is 19.8 Å². The van der Waals surface area contributed by atoms with Crippen LogP contribution in [0.25, 0.3) is 0 Å². The van der Waals surface area contributed by atoms with Gasteiger partial charge in [0.2, 0.25) is 11.6 Å². The Kier molecular flexibility index (Phi) is 3.37. The van der Waals surface area contributed by atoms with Crippen molar-refractivity contribution in [1.29, 1.82) is 0 Å². The van der Waals surface area contributed by atoms with Gasteiger partial charge in [-0.2, -0.15) is 0 Å². The van der Waals surface area contributed by atoms with Gasteiger partial charge in [0.25, 0.3) is 0 Å². The summed E-state index contributed by atoms with van der Waals surface area (Å²) in [6, 6.07) is 0. The second-order valence-corrected chi connectivity index (χ2v) is 3.52. The monoisotopic (exact) mass is 181 g/mol. The molecule has 1 saturated heterocycles. The lowest BCUT2D eigenvalue weighted by Crippen LogP contribution is -2.31. The van der Waals surface area contributed by atoms with E-state index in [1.54, 1.807) is 6.92 Å². The lowest BCUT2D eigenvalue weighted by Gasteiger charge is -2.12. The van der Waals surface area contributed by atoms with Crippen molar-refractivity contribution in [3.63, 3.8) is 0 Å². The Morgan fingerprint density at radius 2 is 1.85 bits per heavy atom. The van der Waals surface area contributed by atoms with Gasteiger partial charge in [0, 0.05) is 0 Å². The summed E-state index contributed by atoms with van der Waals surface area (Å²) in [5.41, 5.74) is 0.337. The second-order valence-electron chi connectivity index (χ2n) is 3.52. The third kappa shape index (κ3) is 2.77. The first kappa shape index (κ1) is 10.1. The van der Waals surface area contributed by atoms with Crippen LogP contribution in [0.3, 0.4) is 0 Å². The van der Waals surface area contributed by atoms with Crippen LogP contribution >= 0.6 is 0 Å². The summed E-state index contributed by atoms with van der Waals surface area (Å²) >= 11 is 0. The van der Waals surface area contributed by atoms with Gasteiger partial charge in [-0.25, -0.2) is 0 Å². The van der Waals surface area contributed by atoms with Crippen molar-refractivity contribution < 1.29 is 9.59 Å². The van der Waals surface area contributed by atoms with Crippen LogP contribution in [0.4, 0.5) is 0 Å². The average molecular weight is 181 g/mol. The molecule has 72 valence electrons. The van der Waals surface area contributed by atoms with E-state index in [4.69, 9.17) is 0 Å². The number of likely N-dealkylation sites (tertiary alicyclic amines) is 1. The standard InChI is InChI=1S/C10H15NO2/c1-8(2)10(13)9(12)7-11-5-3-4-6-11/h1,3-7H2,2H3. The SMILES string of the molecule is C=C(C)C(=O)C(=O)CN1CCCC1. The van der Waals surface area contributed by atoms with Crippen LogP contribution in [-0.4, -0.2) is 36.1 Å². The van der Waals surface area contributed by atoms with E-state index in [0.29, 0.717) is 5.57 Å². The number of nitrogens with zero attached hydrogens (tertiary/aromatic N) is 1. The van der Waals surface area contributed by atoms with E-state index in [2.05, 4.69) is 6.58 Å². The minimum absolute atomic E-state index is 0.270. The molecule has 0 aromatic carbocycles. The number of carbonyl (C=O) groups excluding carboxylic acids is 2. The number of Topliss-reactive ketones (excluding diaryl/α,β-unsaturated/α-hetero) is 2. The molecule has 0 atom stereocenters. The van der Waals surface area contributed by atoms with E-state index in [-0.39, 0.29) is 12.3 Å². The van der Waals surface area contributed by atoms with E-state index in [0.717, 1.165) is 25.9 Å². The van der Waals surface area contributed by atoms with E-state index in [1.165, 1.54) is 0 Å². The Morgan fingerprint density at radius 3 is 2.31 bits per heavy atom. The molecule has 13 heavy (non-hydrogen) atoms. The lowest BCUT2D eigenvalue weighted by molar-refractivity contribution is -0.134. The fraction of sp³-hybridized carbons (Fsp3) is 0.600. The summed E-state index contributed by atoms with van der Waals surface area (Å²) in [5, 5.41) is 0. The average Bonchev–Trinajstić information content (AvgIpc) is 2.55. The van der Waals surface area contributed by atoms with Crippen molar-refractivity contribution in [3.8, 4) is 0 Å². The van der Waals surface area contributed by atoms with Gasteiger partial charge in [0.15, 0.2) is 0 Å². The Labute approximate surface area is 78.4 Å². The largest absolute Gasteiger partial charge is 0.296 e. The molecule has 0 unspecified atom stereocenters. The van der Waals surface area contributed by atoms with Gasteiger partial charge < -0.3 is 0 Å². The second kappa shape index (κ2) is 4.33. The summed E-state index contributed by atoms with van der Waals surface area (Å²) in [5.74, 6) is -0.749. The molecule has 0 bridgehead atoms. The van der Waals surface area contributed by atoms with E-state index >= 15 is 0 Å². The van der Waals surface area contributed by atoms with Gasteiger partial charge in [-0.15, -0.1) is 0 Å². The van der Waals surface area contributed by atoms with Crippen LogP contribution in [0.15, 0.2) is 12.2 Å². The van der Waals surface area contributed by atoms with Gasteiger partial charge >= 0.3 is 0 Å². The topological polar surface area (TPSA) is 37.4 Å². The fourth-order valence-corrected chi connectivity index (χ4v) is 1.45. The van der Waals surface area contributed by atoms with Crippen LogP contribution in [0, 0.1) is 0 Å². The highest BCUT2D eigenvalue weighted by molar-refractivity contribution is 6.43. The third-order valence-corrected chi connectivity index (χ3v) is 2.21. The summed E-state index contributed by atoms with van der Waals surface area (Å²) in [4.78, 5) is 24.5. The lowest BCUT2D eigenvalue weighted by atomic mass is 10.1. The smallest absolute Gasteiger partial charge is 0.225 e. The fourth-order valence-electron chi connectivity index (χ4n) is 1.45. The molecule has 0 aliphatic carbocycles. The summed E-state index contributed by atoms with van der Waals surface area (Å²) in [6.45, 7) is 7.18. The predicted molar refractivity (Wildman–Crippen MR) is 50.5 cm³/mol. The van der Waals surface area contributed by atoms with Crippen molar-refractivity contribution in [2.24, 2.45) is 0 Å². The molecule has 3 nitrogen and oxygen atoms in total. The molecule has 1 rings (SSSR count). The van der Waals surface area contributed by atoms with E-state index in [1.807, 2.05) is 4.90 Å². The first-order valence-electron chi connectivity index (χ1n) is 4.56. The highest BCUT2D eigenvalue weighted by Crippen LogP contribution is 2.07. The number of hydrogen-bond donors (Lipinski definition) is 0. The quantitative estimate of drug-likeness (QED) is 0.475. The first-order valence-corrected chi connectivity index (χ1v) is 4.56. The molecule has 0 N–H and O–H groups in total. The molecular formula is C10H15NO2. The molecule has 1 fully saturated rings. The minimum atomic E-state index is -0.424. The maximum Gasteiger partial charge on any atom is 0.225 e. The maximum atomic E-state index is 11.3. The zero-order valence-electron chi connectivity index (χ0n) is 8.01. The van der Waals surface area contributed by atoms with Crippen LogP contribution < -0.4 is 0 Å². The van der Waals surface area contributed by atoms with Gasteiger partial charge in [-0.1, -0.05) is 6.58 Å². The Bertz CT molecular complexity index is 239. The molecular weight excluding hydrogens is 166 g/mol. The van der Waals surface area contributed by atoms with Gasteiger partial charge in [0.1, 0.15) is 0 Å². The number of rotatable bonds is 4. The summed E-state index contributed by atoms with van der Waals surface area (Å²) in [6.07, 6.45) is 2.27. The molecule has 0 aromatic rings. The van der Waals surface area contributed by atoms with Gasteiger partial charge in [0.05, 0.1) is 6.54 Å². The van der Waals surface area contributed by atoms with E-state index < -0.39 is 5.78 Å². The predicted octanol–water partition coefficient (Wildman–Crippen LogP) is 0.796. The van der Waals surface area contributed by atoms with Crippen molar-refractivity contribution in [2.75, 3.05) is 19.6 Å². The third-order valence-electron chi connectivity index (χ3n) is 2.21. The molecule has 0 amide bonds. The van der Waals surface area contributed by atoms with Crippen molar-refractivity contribution in [3.05, 3.63) is 12.2 Å². The zero-order chi connectivity index (χ0) is 9.84. The van der Waals surface area contributed by atoms with Crippen LogP contribution in [-0.2, 0) is 9.59 Å². The molecule has 3 heteroatoms. The number of hydrogen-bond acceptors (Lipinski definition) is 3. The minimum Gasteiger partial charge on any atom is -0.296 e. The summed E-state index contributed by atoms with van der Waals surface area (Å²) < 4.78 is 0. The molecule has 0 saturated carbocycles. The van der Waals surface area contributed by atoms with Gasteiger partial charge in [-0.05, 0) is 38.4 Å². The normalized spacial score (nSPS) is 17.3. The number of carbonyl (C=O) groups is 2. The van der Waals surface area contributed by atoms with Gasteiger partial charge in [-0.3, -0.25) is 14.5 Å². The number of ketones is 2. The Morgan fingerprint density at radius 1 is 1.31 bits per heavy atom. The van der Waals surface area contributed by atoms with Crippen molar-refractivity contribution in [2.45, 2.75) is 19.8 Å². The molecule has 1 aliphatic heterocycles. The molecule has 0 aromatic heterocycles. The maximum absolute atomic E-state index is 11.3. The molecule has 1 aliphatic rings. The van der Waals surface area contributed by atoms with Crippen LogP contribution in [0.5, 0.6) is 0 Å². The number of allylic oxidation sites excluding steroid dienone is 1. The van der Waals surface area contributed by atoms with Crippen LogP contribution in [0.2, 0.25) is 0 Å². The molecule has 0 radical (unpaired) electrons. The molecule has 1 heterocycles. The highest BCUT2D eigenvalue weighted by Gasteiger charge is 2.20.